The van der Waals surface area contributed by atoms with Crippen molar-refractivity contribution in [3.8, 4) is 0 Å². The number of hydrogen-bond donors (Lipinski definition) is 1. The number of rotatable bonds is 3. The van der Waals surface area contributed by atoms with Crippen molar-refractivity contribution in [3.05, 3.63) is 98.9 Å². The molecule has 0 bridgehead atoms. The summed E-state index contributed by atoms with van der Waals surface area (Å²) in [6, 6.07) is 16.1. The van der Waals surface area contributed by atoms with Gasteiger partial charge in [-0.05, 0) is 67.8 Å². The summed E-state index contributed by atoms with van der Waals surface area (Å²) in [4.78, 5) is 37.9. The van der Waals surface area contributed by atoms with Crippen molar-refractivity contribution >= 4 is 65.7 Å². The first-order valence-electron chi connectivity index (χ1n) is 11.6. The van der Waals surface area contributed by atoms with Crippen LogP contribution in [0.2, 0.25) is 0 Å². The molecule has 37 heavy (non-hydrogen) atoms. The van der Waals surface area contributed by atoms with E-state index in [4.69, 9.17) is 4.98 Å². The fourth-order valence-electron chi connectivity index (χ4n) is 5.01. The van der Waals surface area contributed by atoms with Crippen molar-refractivity contribution in [1.29, 1.82) is 0 Å². The lowest BCUT2D eigenvalue weighted by atomic mass is 9.96. The van der Waals surface area contributed by atoms with Crippen molar-refractivity contribution in [1.82, 2.24) is 14.4 Å². The number of aryl methyl sites for hydroxylation is 3. The molecule has 1 saturated heterocycles. The monoisotopic (exact) mass is 572 g/mol. The number of aromatic nitrogens is 3. The number of benzene rings is 2. The average Bonchev–Trinajstić information content (AvgIpc) is 3.50. The molecule has 4 heterocycles. The Hall–Kier alpha value is -3.82. The summed E-state index contributed by atoms with van der Waals surface area (Å²) in [5.41, 5.74) is 5.12. The minimum atomic E-state index is -0.867. The van der Waals surface area contributed by atoms with Gasteiger partial charge < -0.3 is 5.11 Å². The van der Waals surface area contributed by atoms with Crippen molar-refractivity contribution < 1.29 is 14.7 Å². The van der Waals surface area contributed by atoms with Crippen LogP contribution in [0.4, 0.5) is 5.13 Å². The van der Waals surface area contributed by atoms with E-state index in [0.717, 1.165) is 25.8 Å². The molecule has 3 aromatic heterocycles. The molecule has 0 saturated carbocycles. The fraction of sp³-hybridized carbons (Fsp3) is 0.143. The van der Waals surface area contributed by atoms with E-state index < -0.39 is 17.7 Å². The summed E-state index contributed by atoms with van der Waals surface area (Å²) < 4.78 is 3.44. The normalized spacial score (nSPS) is 17.4. The Morgan fingerprint density at radius 2 is 1.84 bits per heavy atom. The topological polar surface area (TPSA) is 87.8 Å². The van der Waals surface area contributed by atoms with E-state index in [1.807, 2.05) is 68.4 Å². The van der Waals surface area contributed by atoms with E-state index in [-0.39, 0.29) is 11.3 Å². The number of imidazole rings is 1. The van der Waals surface area contributed by atoms with Crippen molar-refractivity contribution in [2.45, 2.75) is 26.8 Å². The number of carbonyl (C=O) groups excluding carboxylic acids is 2. The number of aliphatic hydroxyl groups is 1. The standard InChI is InChI=1S/C28H21BrN4O3S/c1-14-11-15(2)22-19(12-14)37-28(31-22)33-24(17-7-6-8-18(29)13-17)21(26(35)27(33)36)25(34)23-16(3)30-20-9-4-5-10-32(20)23/h4-13,24,34H,1-3H3. The number of thiazole rings is 1. The van der Waals surface area contributed by atoms with Gasteiger partial charge in [0, 0.05) is 10.7 Å². The number of aliphatic hydroxyl groups excluding tert-OH is 1. The molecule has 1 aliphatic heterocycles. The largest absolute Gasteiger partial charge is 0.505 e. The third kappa shape index (κ3) is 3.69. The SMILES string of the molecule is Cc1cc(C)c2nc(N3C(=O)C(=O)C(=C(O)c4c(C)nc5ccccn45)C3c3cccc(Br)c3)sc2c1. The number of anilines is 1. The molecule has 1 amide bonds. The second-order valence-corrected chi connectivity index (χ2v) is 11.0. The van der Waals surface area contributed by atoms with Crippen molar-refractivity contribution in [3.63, 3.8) is 0 Å². The summed E-state index contributed by atoms with van der Waals surface area (Å²) in [5.74, 6) is -1.76. The van der Waals surface area contributed by atoms with Gasteiger partial charge in [0.25, 0.3) is 5.78 Å². The molecule has 1 fully saturated rings. The molecule has 1 atom stereocenters. The maximum absolute atomic E-state index is 13.6. The van der Waals surface area contributed by atoms with Crippen LogP contribution in [0.1, 0.15) is 34.1 Å². The smallest absolute Gasteiger partial charge is 0.301 e. The molecule has 5 aromatic rings. The van der Waals surface area contributed by atoms with Crippen LogP contribution in [0.15, 0.2) is 70.8 Å². The minimum absolute atomic E-state index is 0.00371. The zero-order valence-corrected chi connectivity index (χ0v) is 22.6. The lowest BCUT2D eigenvalue weighted by Crippen LogP contribution is -2.29. The number of carbonyl (C=O) groups is 2. The predicted octanol–water partition coefficient (Wildman–Crippen LogP) is 6.26. The molecule has 7 nitrogen and oxygen atoms in total. The van der Waals surface area contributed by atoms with Gasteiger partial charge >= 0.3 is 5.91 Å². The number of nitrogens with zero attached hydrogens (tertiary/aromatic N) is 4. The quantitative estimate of drug-likeness (QED) is 0.157. The molecule has 0 radical (unpaired) electrons. The molecular formula is C28H21BrN4O3S. The van der Waals surface area contributed by atoms with Gasteiger partial charge in [0.2, 0.25) is 0 Å². The Balaban J connectivity index is 1.63. The maximum Gasteiger partial charge on any atom is 0.301 e. The highest BCUT2D eigenvalue weighted by molar-refractivity contribution is 9.10. The van der Waals surface area contributed by atoms with Crippen LogP contribution in [-0.4, -0.2) is 31.2 Å². The zero-order chi connectivity index (χ0) is 26.0. The predicted molar refractivity (Wildman–Crippen MR) is 148 cm³/mol. The van der Waals surface area contributed by atoms with E-state index in [1.54, 1.807) is 17.5 Å². The third-order valence-electron chi connectivity index (χ3n) is 6.56. The second kappa shape index (κ2) is 8.64. The van der Waals surface area contributed by atoms with Gasteiger partial charge in [-0.25, -0.2) is 9.97 Å². The molecule has 2 aromatic carbocycles. The lowest BCUT2D eigenvalue weighted by molar-refractivity contribution is -0.132. The first kappa shape index (κ1) is 23.6. The Morgan fingerprint density at radius 3 is 2.62 bits per heavy atom. The van der Waals surface area contributed by atoms with Crippen LogP contribution in [-0.2, 0) is 9.59 Å². The first-order valence-corrected chi connectivity index (χ1v) is 13.2. The van der Waals surface area contributed by atoms with Crippen molar-refractivity contribution in [2.24, 2.45) is 0 Å². The summed E-state index contributed by atoms with van der Waals surface area (Å²) in [5, 5.41) is 12.1. The van der Waals surface area contributed by atoms with Gasteiger partial charge in [-0.15, -0.1) is 0 Å². The van der Waals surface area contributed by atoms with Gasteiger partial charge in [0.15, 0.2) is 10.9 Å². The number of pyridine rings is 1. The highest BCUT2D eigenvalue weighted by Crippen LogP contribution is 2.45. The number of ketones is 1. The molecule has 1 aliphatic rings. The average molecular weight is 573 g/mol. The van der Waals surface area contributed by atoms with E-state index in [0.29, 0.717) is 27.7 Å². The minimum Gasteiger partial charge on any atom is -0.505 e. The van der Waals surface area contributed by atoms with Gasteiger partial charge in [-0.3, -0.25) is 18.9 Å². The van der Waals surface area contributed by atoms with Crippen LogP contribution >= 0.6 is 27.3 Å². The summed E-state index contributed by atoms with van der Waals surface area (Å²) in [6.07, 6.45) is 1.77. The summed E-state index contributed by atoms with van der Waals surface area (Å²) >= 11 is 4.86. The summed E-state index contributed by atoms with van der Waals surface area (Å²) in [7, 11) is 0. The molecular weight excluding hydrogens is 552 g/mol. The van der Waals surface area contributed by atoms with E-state index >= 15 is 0 Å². The molecule has 0 spiro atoms. The van der Waals surface area contributed by atoms with E-state index in [1.165, 1.54) is 16.2 Å². The highest BCUT2D eigenvalue weighted by atomic mass is 79.9. The third-order valence-corrected chi connectivity index (χ3v) is 8.06. The van der Waals surface area contributed by atoms with Crippen molar-refractivity contribution in [2.75, 3.05) is 4.90 Å². The molecule has 0 aliphatic carbocycles. The van der Waals surface area contributed by atoms with Gasteiger partial charge in [-0.2, -0.15) is 0 Å². The number of fused-ring (bicyclic) bond motifs is 2. The first-order chi connectivity index (χ1) is 17.7. The number of amides is 1. The fourth-order valence-corrected chi connectivity index (χ4v) is 6.60. The molecule has 1 unspecified atom stereocenters. The van der Waals surface area contributed by atoms with Gasteiger partial charge in [0.05, 0.1) is 27.5 Å². The second-order valence-electron chi connectivity index (χ2n) is 9.12. The lowest BCUT2D eigenvalue weighted by Gasteiger charge is -2.23. The van der Waals surface area contributed by atoms with E-state index in [2.05, 4.69) is 20.9 Å². The highest BCUT2D eigenvalue weighted by Gasteiger charge is 2.48. The Kier molecular flexibility index (Phi) is 5.50. The zero-order valence-electron chi connectivity index (χ0n) is 20.2. The van der Waals surface area contributed by atoms with Crippen LogP contribution in [0, 0.1) is 20.8 Å². The Morgan fingerprint density at radius 1 is 1.03 bits per heavy atom. The number of Topliss-reactive ketones (excluding diaryl/α,β-unsaturated/α-hetero) is 1. The molecule has 1 N–H and O–H groups in total. The van der Waals surface area contributed by atoms with Gasteiger partial charge in [-0.1, -0.05) is 51.5 Å². The number of halogens is 1. The Labute approximate surface area is 224 Å². The van der Waals surface area contributed by atoms with Crippen LogP contribution in [0.25, 0.3) is 21.6 Å². The molecule has 9 heteroatoms. The van der Waals surface area contributed by atoms with E-state index in [9.17, 15) is 14.7 Å². The molecule has 184 valence electrons. The number of hydrogen-bond acceptors (Lipinski definition) is 6. The van der Waals surface area contributed by atoms with Crippen LogP contribution in [0.3, 0.4) is 0 Å². The molecule has 6 rings (SSSR count). The maximum atomic E-state index is 13.6. The Bertz CT molecular complexity index is 1800. The van der Waals surface area contributed by atoms with Crippen LogP contribution in [0.5, 0.6) is 0 Å². The van der Waals surface area contributed by atoms with Crippen LogP contribution < -0.4 is 4.90 Å². The van der Waals surface area contributed by atoms with Gasteiger partial charge in [0.1, 0.15) is 11.3 Å². The summed E-state index contributed by atoms with van der Waals surface area (Å²) in [6.45, 7) is 5.76.